The fourth-order valence-electron chi connectivity index (χ4n) is 2.75. The van der Waals surface area contributed by atoms with Crippen LogP contribution in [0.4, 0.5) is 0 Å². The third-order valence-corrected chi connectivity index (χ3v) is 4.81. The molecule has 2 rings (SSSR count). The summed E-state index contributed by atoms with van der Waals surface area (Å²) in [6, 6.07) is 10.7. The van der Waals surface area contributed by atoms with Crippen molar-refractivity contribution in [2.24, 2.45) is 0 Å². The first-order valence-corrected chi connectivity index (χ1v) is 12.9. The SMILES string of the molecule is CCO.COc1ccc(C(=O)Oc2ccc(C(CNC(C)(C)C)OS(C)(=O)=O)cc2OC(C)=O)cc1. The maximum absolute atomic E-state index is 12.6. The number of benzene rings is 2. The number of ether oxygens (including phenoxy) is 3. The summed E-state index contributed by atoms with van der Waals surface area (Å²) < 4.78 is 44.6. The summed E-state index contributed by atoms with van der Waals surface area (Å²) in [5, 5.41) is 10.8. The average molecular weight is 526 g/mol. The molecule has 0 aromatic heterocycles. The van der Waals surface area contributed by atoms with E-state index in [1.807, 2.05) is 20.8 Å². The van der Waals surface area contributed by atoms with Crippen molar-refractivity contribution in [2.75, 3.05) is 26.5 Å². The van der Waals surface area contributed by atoms with Crippen LogP contribution in [0.15, 0.2) is 42.5 Å². The first-order chi connectivity index (χ1) is 16.7. The van der Waals surface area contributed by atoms with E-state index in [-0.39, 0.29) is 35.8 Å². The molecule has 1 atom stereocenters. The predicted molar refractivity (Wildman–Crippen MR) is 135 cm³/mol. The lowest BCUT2D eigenvalue weighted by Gasteiger charge is -2.25. The van der Waals surface area contributed by atoms with Gasteiger partial charge < -0.3 is 24.6 Å². The minimum absolute atomic E-state index is 0.00310. The van der Waals surface area contributed by atoms with Crippen LogP contribution in [-0.2, 0) is 19.1 Å². The monoisotopic (exact) mass is 525 g/mol. The zero-order valence-corrected chi connectivity index (χ0v) is 22.5. The molecule has 0 saturated carbocycles. The number of hydrogen-bond acceptors (Lipinski definition) is 10. The van der Waals surface area contributed by atoms with Crippen LogP contribution in [0.2, 0.25) is 0 Å². The van der Waals surface area contributed by atoms with Crippen molar-refractivity contribution in [1.82, 2.24) is 5.32 Å². The van der Waals surface area contributed by atoms with E-state index in [0.29, 0.717) is 11.3 Å². The highest BCUT2D eigenvalue weighted by Gasteiger charge is 2.23. The number of hydrogen-bond donors (Lipinski definition) is 2. The van der Waals surface area contributed by atoms with E-state index >= 15 is 0 Å². The van der Waals surface area contributed by atoms with Gasteiger partial charge in [0, 0.05) is 25.6 Å². The molecule has 0 bridgehead atoms. The second-order valence-corrected chi connectivity index (χ2v) is 10.3. The van der Waals surface area contributed by atoms with Crippen molar-refractivity contribution < 1.29 is 41.5 Å². The molecule has 0 fully saturated rings. The molecule has 1 unspecified atom stereocenters. The molecular formula is C25H35NO9S. The Morgan fingerprint density at radius 1 is 1.03 bits per heavy atom. The lowest BCUT2D eigenvalue weighted by molar-refractivity contribution is -0.132. The highest BCUT2D eigenvalue weighted by Crippen LogP contribution is 2.33. The predicted octanol–water partition coefficient (Wildman–Crippen LogP) is 3.24. The van der Waals surface area contributed by atoms with Crippen LogP contribution in [0.25, 0.3) is 0 Å². The molecule has 0 aliphatic carbocycles. The van der Waals surface area contributed by atoms with Crippen molar-refractivity contribution in [2.45, 2.75) is 46.3 Å². The van der Waals surface area contributed by atoms with Crippen LogP contribution < -0.4 is 19.5 Å². The molecular weight excluding hydrogens is 490 g/mol. The maximum atomic E-state index is 12.6. The van der Waals surface area contributed by atoms with Gasteiger partial charge in [-0.05, 0) is 69.7 Å². The number of aliphatic hydroxyl groups excluding tert-OH is 1. The standard InChI is InChI=1S/C23H29NO8S.C2H6O/c1-15(25)30-20-13-17(21(32-33(6,27)28)14-24-23(2,3)4)9-12-19(20)31-22(26)16-7-10-18(29-5)11-8-16;1-2-3/h7-13,21,24H,14H2,1-6H3;3H,2H2,1H3. The van der Waals surface area contributed by atoms with Crippen molar-refractivity contribution in [3.05, 3.63) is 53.6 Å². The Bertz CT molecular complexity index is 1110. The molecule has 2 N–H and O–H groups in total. The van der Waals surface area contributed by atoms with Crippen LogP contribution in [0.1, 0.15) is 56.6 Å². The van der Waals surface area contributed by atoms with E-state index in [1.165, 1.54) is 38.3 Å². The minimum Gasteiger partial charge on any atom is -0.497 e. The third kappa shape index (κ3) is 11.6. The molecule has 36 heavy (non-hydrogen) atoms. The molecule has 2 aromatic carbocycles. The van der Waals surface area contributed by atoms with Gasteiger partial charge in [0.05, 0.1) is 18.9 Å². The number of aliphatic hydroxyl groups is 1. The second kappa shape index (κ2) is 13.9. The first kappa shape index (κ1) is 31.0. The van der Waals surface area contributed by atoms with Crippen LogP contribution >= 0.6 is 0 Å². The van der Waals surface area contributed by atoms with Crippen LogP contribution in [-0.4, -0.2) is 57.5 Å². The molecule has 11 heteroatoms. The molecule has 10 nitrogen and oxygen atoms in total. The number of methoxy groups -OCH3 is 1. The zero-order valence-electron chi connectivity index (χ0n) is 21.7. The Balaban J connectivity index is 0.00000205. The van der Waals surface area contributed by atoms with Gasteiger partial charge in [-0.25, -0.2) is 4.79 Å². The van der Waals surface area contributed by atoms with Gasteiger partial charge in [-0.3, -0.25) is 8.98 Å². The molecule has 0 aliphatic heterocycles. The summed E-state index contributed by atoms with van der Waals surface area (Å²) in [7, 11) is -2.28. The van der Waals surface area contributed by atoms with E-state index in [4.69, 9.17) is 23.5 Å². The fourth-order valence-corrected chi connectivity index (χ4v) is 3.35. The molecule has 0 heterocycles. The third-order valence-electron chi connectivity index (χ3n) is 4.23. The van der Waals surface area contributed by atoms with Crippen molar-refractivity contribution in [1.29, 1.82) is 0 Å². The molecule has 0 aliphatic rings. The lowest BCUT2D eigenvalue weighted by Crippen LogP contribution is -2.39. The number of esters is 2. The number of carbonyl (C=O) groups is 2. The molecule has 0 saturated heterocycles. The normalized spacial score (nSPS) is 12.1. The average Bonchev–Trinajstić information content (AvgIpc) is 2.76. The van der Waals surface area contributed by atoms with E-state index in [0.717, 1.165) is 6.26 Å². The molecule has 200 valence electrons. The topological polar surface area (TPSA) is 137 Å². The summed E-state index contributed by atoms with van der Waals surface area (Å²) in [6.45, 7) is 9.08. The summed E-state index contributed by atoms with van der Waals surface area (Å²) >= 11 is 0. The van der Waals surface area contributed by atoms with Gasteiger partial charge in [0.1, 0.15) is 11.9 Å². The Labute approximate surface area is 212 Å². The zero-order chi connectivity index (χ0) is 27.5. The van der Waals surface area contributed by atoms with Crippen molar-refractivity contribution in [3.8, 4) is 17.2 Å². The molecule has 0 radical (unpaired) electrons. The Hall–Kier alpha value is -2.99. The highest BCUT2D eigenvalue weighted by atomic mass is 32.2. The number of nitrogens with one attached hydrogen (secondary N) is 1. The largest absolute Gasteiger partial charge is 0.497 e. The summed E-state index contributed by atoms with van der Waals surface area (Å²) in [6.07, 6.45) is 0.0505. The molecule has 2 aromatic rings. The maximum Gasteiger partial charge on any atom is 0.343 e. The second-order valence-electron chi connectivity index (χ2n) is 8.65. The smallest absolute Gasteiger partial charge is 0.343 e. The number of rotatable bonds is 9. The van der Waals surface area contributed by atoms with E-state index in [1.54, 1.807) is 25.1 Å². The highest BCUT2D eigenvalue weighted by molar-refractivity contribution is 7.86. The Kier molecular flexibility index (Phi) is 12.0. The summed E-state index contributed by atoms with van der Waals surface area (Å²) in [5.74, 6) is -0.770. The lowest BCUT2D eigenvalue weighted by atomic mass is 10.1. The molecule has 0 amide bonds. The number of carbonyl (C=O) groups excluding carboxylic acids is 2. The van der Waals surface area contributed by atoms with Gasteiger partial charge in [0.25, 0.3) is 10.1 Å². The fraction of sp³-hybridized carbons (Fsp3) is 0.440. The Morgan fingerprint density at radius 3 is 2.08 bits per heavy atom. The van der Waals surface area contributed by atoms with Crippen molar-refractivity contribution in [3.63, 3.8) is 0 Å². The van der Waals surface area contributed by atoms with Gasteiger partial charge >= 0.3 is 11.9 Å². The van der Waals surface area contributed by atoms with Crippen molar-refractivity contribution >= 4 is 22.1 Å². The summed E-state index contributed by atoms with van der Waals surface area (Å²) in [4.78, 5) is 24.2. The van der Waals surface area contributed by atoms with Crippen LogP contribution in [0.5, 0.6) is 17.2 Å². The van der Waals surface area contributed by atoms with Crippen LogP contribution in [0, 0.1) is 0 Å². The van der Waals surface area contributed by atoms with Gasteiger partial charge in [-0.2, -0.15) is 8.42 Å². The quantitative estimate of drug-likeness (QED) is 0.285. The Morgan fingerprint density at radius 2 is 1.61 bits per heavy atom. The minimum atomic E-state index is -3.79. The summed E-state index contributed by atoms with van der Waals surface area (Å²) in [5.41, 5.74) is 0.380. The van der Waals surface area contributed by atoms with E-state index in [2.05, 4.69) is 5.32 Å². The van der Waals surface area contributed by atoms with Gasteiger partial charge in [-0.1, -0.05) is 6.07 Å². The van der Waals surface area contributed by atoms with Crippen LogP contribution in [0.3, 0.4) is 0 Å². The van der Waals surface area contributed by atoms with E-state index < -0.39 is 28.2 Å². The van der Waals surface area contributed by atoms with Gasteiger partial charge in [0.2, 0.25) is 0 Å². The van der Waals surface area contributed by atoms with Gasteiger partial charge in [-0.15, -0.1) is 0 Å². The molecule has 0 spiro atoms. The first-order valence-electron chi connectivity index (χ1n) is 11.1. The van der Waals surface area contributed by atoms with E-state index in [9.17, 15) is 18.0 Å². The van der Waals surface area contributed by atoms with Gasteiger partial charge in [0.15, 0.2) is 11.5 Å².